The smallest absolute Gasteiger partial charge is 0.0258 e. The summed E-state index contributed by atoms with van der Waals surface area (Å²) in [5, 5.41) is 3.42. The number of hydrogen-bond donors (Lipinski definition) is 1. The first kappa shape index (κ1) is 11.8. The van der Waals surface area contributed by atoms with E-state index in [2.05, 4.69) is 29.6 Å². The van der Waals surface area contributed by atoms with Crippen LogP contribution in [0.4, 0.5) is 0 Å². The van der Waals surface area contributed by atoms with Gasteiger partial charge in [0.05, 0.1) is 0 Å². The van der Waals surface area contributed by atoms with E-state index in [1.54, 1.807) is 0 Å². The zero-order valence-corrected chi connectivity index (χ0v) is 9.47. The minimum absolute atomic E-state index is 0.720. The summed E-state index contributed by atoms with van der Waals surface area (Å²) in [5.41, 5.74) is 0. The van der Waals surface area contributed by atoms with Crippen LogP contribution in [0.25, 0.3) is 0 Å². The van der Waals surface area contributed by atoms with Crippen LogP contribution in [0.1, 0.15) is 25.7 Å². The van der Waals surface area contributed by atoms with Crippen molar-refractivity contribution in [1.29, 1.82) is 0 Å². The van der Waals surface area contributed by atoms with E-state index in [0.29, 0.717) is 0 Å². The summed E-state index contributed by atoms with van der Waals surface area (Å²) in [6, 6.07) is 0. The Bertz CT molecular complexity index is 179. The molecule has 1 aliphatic rings. The number of allylic oxidation sites excluding steroid dienone is 4. The van der Waals surface area contributed by atoms with Gasteiger partial charge in [-0.3, -0.25) is 0 Å². The van der Waals surface area contributed by atoms with E-state index >= 15 is 0 Å². The molecule has 14 heavy (non-hydrogen) atoms. The molecule has 0 spiro atoms. The maximum Gasteiger partial charge on any atom is 0.0258 e. The average molecular weight is 214 g/mol. The molecule has 0 saturated carbocycles. The van der Waals surface area contributed by atoms with E-state index in [1.165, 1.54) is 32.4 Å². The minimum Gasteiger partial charge on any atom is -0.317 e. The lowest BCUT2D eigenvalue weighted by Crippen LogP contribution is -2.13. The molecule has 1 atom stereocenters. The van der Waals surface area contributed by atoms with Gasteiger partial charge in [0.15, 0.2) is 0 Å². The fourth-order valence-electron chi connectivity index (χ4n) is 1.70. The molecule has 0 aliphatic carbocycles. The fraction of sp³-hybridized carbons (Fsp3) is 0.667. The fourth-order valence-corrected chi connectivity index (χ4v) is 1.82. The standard InChI is InChI=1S/C12H20ClN/c13-9-4-2-1-3-6-12-7-5-10-14-11-8-12/h1-3,6,12,14H,4-5,7-11H2/b2-1-,6-3+. The van der Waals surface area contributed by atoms with Crippen molar-refractivity contribution in [3.05, 3.63) is 24.3 Å². The average Bonchev–Trinajstić information content (AvgIpc) is 2.46. The topological polar surface area (TPSA) is 12.0 Å². The molecule has 1 aliphatic heterocycles. The van der Waals surface area contributed by atoms with Gasteiger partial charge in [-0.1, -0.05) is 24.3 Å². The third-order valence-corrected chi connectivity index (χ3v) is 2.74. The largest absolute Gasteiger partial charge is 0.317 e. The maximum absolute atomic E-state index is 5.57. The van der Waals surface area contributed by atoms with Gasteiger partial charge in [0.2, 0.25) is 0 Å². The predicted molar refractivity (Wildman–Crippen MR) is 63.8 cm³/mol. The van der Waals surface area contributed by atoms with Gasteiger partial charge in [-0.25, -0.2) is 0 Å². The van der Waals surface area contributed by atoms with E-state index in [9.17, 15) is 0 Å². The number of hydrogen-bond acceptors (Lipinski definition) is 1. The lowest BCUT2D eigenvalue weighted by Gasteiger charge is -2.05. The van der Waals surface area contributed by atoms with Crippen LogP contribution in [-0.2, 0) is 0 Å². The first-order valence-corrected chi connectivity index (χ1v) is 6.07. The highest BCUT2D eigenvalue weighted by molar-refractivity contribution is 6.17. The van der Waals surface area contributed by atoms with Crippen LogP contribution >= 0.6 is 11.6 Å². The number of halogens is 1. The molecule has 1 fully saturated rings. The zero-order valence-electron chi connectivity index (χ0n) is 8.71. The van der Waals surface area contributed by atoms with Crippen molar-refractivity contribution in [2.75, 3.05) is 19.0 Å². The molecule has 0 amide bonds. The molecular weight excluding hydrogens is 194 g/mol. The molecule has 80 valence electrons. The van der Waals surface area contributed by atoms with Crippen molar-refractivity contribution in [1.82, 2.24) is 5.32 Å². The maximum atomic E-state index is 5.57. The van der Waals surface area contributed by atoms with E-state index in [1.807, 2.05) is 0 Å². The molecule has 1 heterocycles. The van der Waals surface area contributed by atoms with Crippen LogP contribution in [0.5, 0.6) is 0 Å². The second-order valence-electron chi connectivity index (χ2n) is 3.73. The van der Waals surface area contributed by atoms with Crippen LogP contribution in [0.2, 0.25) is 0 Å². The first-order chi connectivity index (χ1) is 6.93. The lowest BCUT2D eigenvalue weighted by atomic mass is 10.0. The Labute approximate surface area is 92.2 Å². The third kappa shape index (κ3) is 5.46. The van der Waals surface area contributed by atoms with Crippen LogP contribution in [0.3, 0.4) is 0 Å². The molecule has 1 saturated heterocycles. The summed E-state index contributed by atoms with van der Waals surface area (Å²) in [5.74, 6) is 1.49. The number of nitrogens with one attached hydrogen (secondary N) is 1. The van der Waals surface area contributed by atoms with Crippen molar-refractivity contribution in [2.45, 2.75) is 25.7 Å². The Balaban J connectivity index is 2.20. The Morgan fingerprint density at radius 1 is 1.21 bits per heavy atom. The molecule has 0 radical (unpaired) electrons. The predicted octanol–water partition coefficient (Wildman–Crippen LogP) is 3.12. The van der Waals surface area contributed by atoms with Gasteiger partial charge < -0.3 is 5.32 Å². The number of rotatable bonds is 4. The summed E-state index contributed by atoms with van der Waals surface area (Å²) in [6.45, 7) is 2.35. The first-order valence-electron chi connectivity index (χ1n) is 5.53. The SMILES string of the molecule is ClCC/C=C\C=C\C1CCCNCC1. The van der Waals surface area contributed by atoms with Gasteiger partial charge in [-0.05, 0) is 44.7 Å². The molecule has 1 rings (SSSR count). The van der Waals surface area contributed by atoms with Gasteiger partial charge in [0.1, 0.15) is 0 Å². The van der Waals surface area contributed by atoms with Crippen LogP contribution < -0.4 is 5.32 Å². The molecule has 0 aromatic carbocycles. The van der Waals surface area contributed by atoms with Gasteiger partial charge in [-0.2, -0.15) is 0 Å². The van der Waals surface area contributed by atoms with E-state index in [4.69, 9.17) is 11.6 Å². The highest BCUT2D eigenvalue weighted by Gasteiger charge is 2.07. The Morgan fingerprint density at radius 3 is 3.00 bits per heavy atom. The lowest BCUT2D eigenvalue weighted by molar-refractivity contribution is 0.576. The normalized spacial score (nSPS) is 24.5. The second-order valence-corrected chi connectivity index (χ2v) is 4.11. The number of alkyl halides is 1. The third-order valence-electron chi connectivity index (χ3n) is 2.53. The highest BCUT2D eigenvalue weighted by atomic mass is 35.5. The zero-order chi connectivity index (χ0) is 10.1. The molecule has 1 nitrogen and oxygen atoms in total. The molecule has 1 unspecified atom stereocenters. The monoisotopic (exact) mass is 213 g/mol. The van der Waals surface area contributed by atoms with E-state index in [-0.39, 0.29) is 0 Å². The Kier molecular flexibility index (Phi) is 6.81. The second kappa shape index (κ2) is 8.07. The summed E-state index contributed by atoms with van der Waals surface area (Å²) in [7, 11) is 0. The van der Waals surface area contributed by atoms with Crippen LogP contribution in [-0.4, -0.2) is 19.0 Å². The van der Waals surface area contributed by atoms with Gasteiger partial charge in [0, 0.05) is 5.88 Å². The van der Waals surface area contributed by atoms with Crippen molar-refractivity contribution < 1.29 is 0 Å². The summed E-state index contributed by atoms with van der Waals surface area (Å²) in [6.07, 6.45) is 13.6. The van der Waals surface area contributed by atoms with Crippen molar-refractivity contribution >= 4 is 11.6 Å². The van der Waals surface area contributed by atoms with Crippen molar-refractivity contribution in [3.63, 3.8) is 0 Å². The molecule has 0 aromatic heterocycles. The molecule has 0 bridgehead atoms. The molecular formula is C12H20ClN. The van der Waals surface area contributed by atoms with E-state index < -0.39 is 0 Å². The Morgan fingerprint density at radius 2 is 2.14 bits per heavy atom. The van der Waals surface area contributed by atoms with Gasteiger partial charge >= 0.3 is 0 Å². The molecule has 1 N–H and O–H groups in total. The highest BCUT2D eigenvalue weighted by Crippen LogP contribution is 2.14. The van der Waals surface area contributed by atoms with Crippen LogP contribution in [0.15, 0.2) is 24.3 Å². The summed E-state index contributed by atoms with van der Waals surface area (Å²) in [4.78, 5) is 0. The van der Waals surface area contributed by atoms with Crippen LogP contribution in [0, 0.1) is 5.92 Å². The molecule has 2 heteroatoms. The van der Waals surface area contributed by atoms with Gasteiger partial charge in [-0.15, -0.1) is 11.6 Å². The Hall–Kier alpha value is -0.270. The molecule has 0 aromatic rings. The van der Waals surface area contributed by atoms with Gasteiger partial charge in [0.25, 0.3) is 0 Å². The van der Waals surface area contributed by atoms with Crippen molar-refractivity contribution in [3.8, 4) is 0 Å². The van der Waals surface area contributed by atoms with Crippen molar-refractivity contribution in [2.24, 2.45) is 5.92 Å². The van der Waals surface area contributed by atoms with E-state index in [0.717, 1.165) is 18.2 Å². The quantitative estimate of drug-likeness (QED) is 0.559. The minimum atomic E-state index is 0.720. The summed E-state index contributed by atoms with van der Waals surface area (Å²) < 4.78 is 0. The summed E-state index contributed by atoms with van der Waals surface area (Å²) >= 11 is 5.57.